The van der Waals surface area contributed by atoms with Crippen molar-refractivity contribution in [2.45, 2.75) is 17.9 Å². The fraction of sp³-hybridized carbons (Fsp3) is 0.300. The molecule has 1 aromatic rings. The fourth-order valence-corrected chi connectivity index (χ4v) is 3.07. The van der Waals surface area contributed by atoms with Crippen LogP contribution in [0.3, 0.4) is 0 Å². The average Bonchev–Trinajstić information content (AvgIpc) is 2.29. The molecule has 0 spiro atoms. The third-order valence-corrected chi connectivity index (χ3v) is 4.38. The molecule has 21 heavy (non-hydrogen) atoms. The molecule has 8 nitrogen and oxygen atoms in total. The Morgan fingerprint density at radius 3 is 2.29 bits per heavy atom. The summed E-state index contributed by atoms with van der Waals surface area (Å²) in [5.41, 5.74) is -0.414. The molecular weight excluding hydrogens is 327 g/mol. The molecule has 0 aromatic heterocycles. The van der Waals surface area contributed by atoms with Gasteiger partial charge in [0.15, 0.2) is 0 Å². The number of nitrogens with one attached hydrogen (secondary N) is 2. The number of carbonyl (C=O) groups is 1. The van der Waals surface area contributed by atoms with Crippen molar-refractivity contribution in [2.75, 3.05) is 11.0 Å². The van der Waals surface area contributed by atoms with Crippen LogP contribution in [0.2, 0.25) is 0 Å². The van der Waals surface area contributed by atoms with E-state index in [0.717, 1.165) is 25.3 Å². The van der Waals surface area contributed by atoms with Crippen molar-refractivity contribution >= 4 is 31.7 Å². The largest absolute Gasteiger partial charge is 0.480 e. The summed E-state index contributed by atoms with van der Waals surface area (Å²) in [5, 5.41) is 8.64. The molecular formula is C10H13FN2O6S2. The molecule has 0 unspecified atom stereocenters. The number of hydrogen-bond donors (Lipinski definition) is 3. The van der Waals surface area contributed by atoms with Crippen LogP contribution >= 0.6 is 0 Å². The minimum absolute atomic E-state index is 0.414. The second-order valence-corrected chi connectivity index (χ2v) is 7.66. The first-order valence-corrected chi connectivity index (χ1v) is 8.82. The lowest BCUT2D eigenvalue weighted by Crippen LogP contribution is -2.38. The Kier molecular flexibility index (Phi) is 4.91. The SMILES string of the molecule is C[C@H](NS(=O)(=O)c1ccc(NS(C)(=O)=O)c(F)c1)C(=O)O. The lowest BCUT2D eigenvalue weighted by molar-refractivity contribution is -0.138. The van der Waals surface area contributed by atoms with E-state index in [-0.39, 0.29) is 0 Å². The summed E-state index contributed by atoms with van der Waals surface area (Å²) < 4.78 is 63.0. The summed E-state index contributed by atoms with van der Waals surface area (Å²) in [6.07, 6.45) is 0.813. The number of hydrogen-bond acceptors (Lipinski definition) is 5. The lowest BCUT2D eigenvalue weighted by atomic mass is 10.3. The van der Waals surface area contributed by atoms with E-state index in [2.05, 4.69) is 0 Å². The van der Waals surface area contributed by atoms with Gasteiger partial charge in [-0.15, -0.1) is 0 Å². The normalized spacial score (nSPS) is 13.7. The smallest absolute Gasteiger partial charge is 0.321 e. The van der Waals surface area contributed by atoms with Gasteiger partial charge in [0.2, 0.25) is 20.0 Å². The molecule has 0 amide bonds. The third kappa shape index (κ3) is 4.95. The Labute approximate surface area is 121 Å². The van der Waals surface area contributed by atoms with Crippen LogP contribution in [0.15, 0.2) is 23.1 Å². The predicted octanol–water partition coefficient (Wildman–Crippen LogP) is -0.0514. The van der Waals surface area contributed by atoms with E-state index in [1.165, 1.54) is 0 Å². The highest BCUT2D eigenvalue weighted by Crippen LogP contribution is 2.20. The van der Waals surface area contributed by atoms with Crippen LogP contribution in [0.4, 0.5) is 10.1 Å². The predicted molar refractivity (Wildman–Crippen MR) is 72.3 cm³/mol. The molecule has 3 N–H and O–H groups in total. The maximum Gasteiger partial charge on any atom is 0.321 e. The van der Waals surface area contributed by atoms with Crippen LogP contribution in [0.25, 0.3) is 0 Å². The van der Waals surface area contributed by atoms with E-state index >= 15 is 0 Å². The topological polar surface area (TPSA) is 130 Å². The van der Waals surface area contributed by atoms with Gasteiger partial charge in [-0.05, 0) is 25.1 Å². The number of anilines is 1. The molecule has 0 aliphatic carbocycles. The van der Waals surface area contributed by atoms with Crippen molar-refractivity contribution in [2.24, 2.45) is 0 Å². The summed E-state index contributed by atoms with van der Waals surface area (Å²) >= 11 is 0. The van der Waals surface area contributed by atoms with Gasteiger partial charge in [0, 0.05) is 0 Å². The third-order valence-electron chi connectivity index (χ3n) is 2.25. The second-order valence-electron chi connectivity index (χ2n) is 4.20. The number of benzene rings is 1. The standard InChI is InChI=1S/C10H13FN2O6S2/c1-6(10(14)15)12-21(18,19)7-3-4-9(8(11)5-7)13-20(2,16)17/h3-6,12-13H,1-2H3,(H,14,15)/t6-/m0/s1. The number of carboxylic acids is 1. The number of aliphatic carboxylic acids is 1. The zero-order chi connectivity index (χ0) is 16.4. The summed E-state index contributed by atoms with van der Waals surface area (Å²) in [5.74, 6) is -2.50. The van der Waals surface area contributed by atoms with E-state index in [4.69, 9.17) is 5.11 Å². The van der Waals surface area contributed by atoms with Gasteiger partial charge in [-0.2, -0.15) is 4.72 Å². The maximum atomic E-state index is 13.7. The van der Waals surface area contributed by atoms with Crippen molar-refractivity contribution < 1.29 is 31.1 Å². The zero-order valence-electron chi connectivity index (χ0n) is 11.0. The Morgan fingerprint density at radius 1 is 1.29 bits per heavy atom. The molecule has 1 atom stereocenters. The van der Waals surface area contributed by atoms with Gasteiger partial charge in [-0.3, -0.25) is 9.52 Å². The minimum atomic E-state index is -4.24. The van der Waals surface area contributed by atoms with E-state index < -0.39 is 48.5 Å². The molecule has 11 heteroatoms. The minimum Gasteiger partial charge on any atom is -0.480 e. The second kappa shape index (κ2) is 5.95. The number of halogens is 1. The number of rotatable bonds is 6. The first kappa shape index (κ1) is 17.3. The van der Waals surface area contributed by atoms with E-state index in [9.17, 15) is 26.0 Å². The van der Waals surface area contributed by atoms with Crippen LogP contribution in [0, 0.1) is 5.82 Å². The van der Waals surface area contributed by atoms with Gasteiger partial charge in [0.05, 0.1) is 16.8 Å². The van der Waals surface area contributed by atoms with Gasteiger partial charge in [-0.25, -0.2) is 21.2 Å². The monoisotopic (exact) mass is 340 g/mol. The van der Waals surface area contributed by atoms with Gasteiger partial charge in [-0.1, -0.05) is 0 Å². The Morgan fingerprint density at radius 2 is 1.86 bits per heavy atom. The van der Waals surface area contributed by atoms with Crippen LogP contribution in [0.5, 0.6) is 0 Å². The van der Waals surface area contributed by atoms with Gasteiger partial charge in [0.1, 0.15) is 11.9 Å². The van der Waals surface area contributed by atoms with Crippen molar-refractivity contribution in [3.63, 3.8) is 0 Å². The molecule has 0 aliphatic heterocycles. The van der Waals surface area contributed by atoms with Crippen LogP contribution in [0.1, 0.15) is 6.92 Å². The lowest BCUT2D eigenvalue weighted by Gasteiger charge is -2.11. The molecule has 0 aliphatic rings. The highest BCUT2D eigenvalue weighted by atomic mass is 32.2. The van der Waals surface area contributed by atoms with Crippen molar-refractivity contribution in [3.8, 4) is 0 Å². The van der Waals surface area contributed by atoms with Gasteiger partial charge in [0.25, 0.3) is 0 Å². The molecule has 1 aromatic carbocycles. The summed E-state index contributed by atoms with van der Waals surface area (Å²) in [6, 6.07) is 1.07. The first-order chi connectivity index (χ1) is 9.42. The van der Waals surface area contributed by atoms with Crippen molar-refractivity contribution in [3.05, 3.63) is 24.0 Å². The molecule has 0 fully saturated rings. The van der Waals surface area contributed by atoms with Gasteiger partial charge >= 0.3 is 5.97 Å². The Hall–Kier alpha value is -1.72. The Bertz CT molecular complexity index is 760. The summed E-state index contributed by atoms with van der Waals surface area (Å²) in [4.78, 5) is 10.1. The van der Waals surface area contributed by atoms with Crippen LogP contribution in [-0.4, -0.2) is 40.2 Å². The van der Waals surface area contributed by atoms with E-state index in [1.807, 2.05) is 9.44 Å². The van der Waals surface area contributed by atoms with Crippen LogP contribution < -0.4 is 9.44 Å². The van der Waals surface area contributed by atoms with Gasteiger partial charge < -0.3 is 5.11 Å². The van der Waals surface area contributed by atoms with Crippen LogP contribution in [-0.2, 0) is 24.8 Å². The highest BCUT2D eigenvalue weighted by Gasteiger charge is 2.22. The highest BCUT2D eigenvalue weighted by molar-refractivity contribution is 7.92. The summed E-state index contributed by atoms with van der Waals surface area (Å²) in [7, 11) is -7.95. The zero-order valence-corrected chi connectivity index (χ0v) is 12.6. The molecule has 0 bridgehead atoms. The van der Waals surface area contributed by atoms with E-state index in [0.29, 0.717) is 6.07 Å². The fourth-order valence-electron chi connectivity index (χ4n) is 1.30. The molecule has 118 valence electrons. The molecule has 0 heterocycles. The maximum absolute atomic E-state index is 13.7. The molecule has 0 saturated carbocycles. The molecule has 0 radical (unpaired) electrons. The molecule has 0 saturated heterocycles. The summed E-state index contributed by atoms with van der Waals surface area (Å²) in [6.45, 7) is 1.11. The van der Waals surface area contributed by atoms with Crippen molar-refractivity contribution in [1.29, 1.82) is 0 Å². The number of carboxylic acid groups (broad SMARTS) is 1. The number of sulfonamides is 2. The average molecular weight is 340 g/mol. The first-order valence-electron chi connectivity index (χ1n) is 5.45. The van der Waals surface area contributed by atoms with Crippen molar-refractivity contribution in [1.82, 2.24) is 4.72 Å². The Balaban J connectivity index is 3.11. The molecule has 1 rings (SSSR count). The quantitative estimate of drug-likeness (QED) is 0.666. The van der Waals surface area contributed by atoms with E-state index in [1.54, 1.807) is 0 Å².